The van der Waals surface area contributed by atoms with E-state index in [0.717, 1.165) is 23.2 Å². The number of carbonyl (C=O) groups excluding carboxylic acids is 1. The van der Waals surface area contributed by atoms with Crippen LogP contribution in [0.3, 0.4) is 0 Å². The van der Waals surface area contributed by atoms with E-state index in [2.05, 4.69) is 19.4 Å². The van der Waals surface area contributed by atoms with Gasteiger partial charge in [0.1, 0.15) is 22.7 Å². The highest BCUT2D eigenvalue weighted by Gasteiger charge is 2.31. The summed E-state index contributed by atoms with van der Waals surface area (Å²) in [5.74, 6) is -0.392. The number of anilines is 3. The number of alkyl halides is 3. The lowest BCUT2D eigenvalue weighted by Crippen LogP contribution is -2.24. The van der Waals surface area contributed by atoms with Crippen molar-refractivity contribution in [3.05, 3.63) is 77.6 Å². The molecule has 0 atom stereocenters. The average molecular weight is 567 g/mol. The Morgan fingerprint density at radius 1 is 1.13 bits per heavy atom. The number of rotatable bonds is 7. The number of hydrogen-bond donors (Lipinski definition) is 1. The van der Waals surface area contributed by atoms with Crippen LogP contribution < -0.4 is 14.4 Å². The fourth-order valence-electron chi connectivity index (χ4n) is 3.55. The summed E-state index contributed by atoms with van der Waals surface area (Å²) >= 11 is 6.45. The van der Waals surface area contributed by atoms with Gasteiger partial charge < -0.3 is 9.26 Å². The van der Waals surface area contributed by atoms with Crippen molar-refractivity contribution in [3.63, 3.8) is 0 Å². The number of amides is 1. The van der Waals surface area contributed by atoms with Crippen LogP contribution in [0.2, 0.25) is 5.02 Å². The average Bonchev–Trinajstić information content (AvgIpc) is 3.36. The van der Waals surface area contributed by atoms with Gasteiger partial charge in [-0.15, -0.1) is 0 Å². The van der Waals surface area contributed by atoms with Crippen LogP contribution in [0.25, 0.3) is 11.1 Å². The van der Waals surface area contributed by atoms with Crippen LogP contribution in [0, 0.1) is 0 Å². The van der Waals surface area contributed by atoms with Gasteiger partial charge in [0.05, 0.1) is 23.4 Å². The summed E-state index contributed by atoms with van der Waals surface area (Å²) in [6.07, 6.45) is -2.31. The maximum Gasteiger partial charge on any atom is 0.416 e. The Hall–Kier alpha value is -4.10. The van der Waals surface area contributed by atoms with E-state index in [0.29, 0.717) is 0 Å². The molecule has 0 bridgehead atoms. The van der Waals surface area contributed by atoms with Crippen LogP contribution in [0.4, 0.5) is 30.5 Å². The van der Waals surface area contributed by atoms with E-state index in [1.54, 1.807) is 0 Å². The molecule has 14 heteroatoms. The zero-order chi connectivity index (χ0) is 27.7. The molecule has 1 N–H and O–H groups in total. The molecule has 2 aromatic heterocycles. The third-order valence-electron chi connectivity index (χ3n) is 5.26. The number of hydrogen-bond acceptors (Lipinski definition) is 7. The minimum absolute atomic E-state index is 0.0281. The lowest BCUT2D eigenvalue weighted by Gasteiger charge is -2.24. The molecule has 198 valence electrons. The molecule has 2 aromatic carbocycles. The standard InChI is InChI=1S/C24H18ClF3N4O5S/c1-14(33)32(23-7-6-17(13-29-23)38(34,35)31-22-8-9-37-30-22)20-12-19(25)18(11-21(20)36-2)15-4-3-5-16(10-15)24(26,27)28/h3-13H,1-2H3,(H,30,31). The second kappa shape index (κ2) is 10.3. The highest BCUT2D eigenvalue weighted by atomic mass is 35.5. The summed E-state index contributed by atoms with van der Waals surface area (Å²) < 4.78 is 77.0. The number of benzene rings is 2. The Labute approximate surface area is 219 Å². The number of ether oxygens (including phenoxy) is 1. The Morgan fingerprint density at radius 2 is 1.89 bits per heavy atom. The molecule has 2 heterocycles. The summed E-state index contributed by atoms with van der Waals surface area (Å²) in [7, 11) is -2.73. The Bertz CT molecular complexity index is 1580. The Morgan fingerprint density at radius 3 is 2.47 bits per heavy atom. The van der Waals surface area contributed by atoms with Crippen molar-refractivity contribution in [1.29, 1.82) is 0 Å². The Balaban J connectivity index is 1.72. The van der Waals surface area contributed by atoms with Crippen LogP contribution in [0.1, 0.15) is 12.5 Å². The first-order valence-corrected chi connectivity index (χ1v) is 12.5. The fraction of sp³-hybridized carbons (Fsp3) is 0.125. The van der Waals surface area contributed by atoms with E-state index in [1.807, 2.05) is 0 Å². The molecule has 0 saturated heterocycles. The smallest absolute Gasteiger partial charge is 0.416 e. The molecule has 0 radical (unpaired) electrons. The van der Waals surface area contributed by atoms with Crippen LogP contribution in [0.15, 0.2) is 76.5 Å². The molecule has 9 nitrogen and oxygen atoms in total. The van der Waals surface area contributed by atoms with Crippen LogP contribution >= 0.6 is 11.6 Å². The van der Waals surface area contributed by atoms with Crippen molar-refractivity contribution >= 4 is 44.9 Å². The maximum absolute atomic E-state index is 13.2. The quantitative estimate of drug-likeness (QED) is 0.296. The molecule has 0 unspecified atom stereocenters. The minimum atomic E-state index is -4.55. The van der Waals surface area contributed by atoms with Crippen molar-refractivity contribution in [2.75, 3.05) is 16.7 Å². The Kier molecular flexibility index (Phi) is 7.33. The number of pyridine rings is 1. The van der Waals surface area contributed by atoms with Crippen LogP contribution in [0.5, 0.6) is 5.75 Å². The number of methoxy groups -OCH3 is 1. The number of sulfonamides is 1. The van der Waals surface area contributed by atoms with E-state index in [4.69, 9.17) is 16.3 Å². The van der Waals surface area contributed by atoms with Crippen molar-refractivity contribution in [3.8, 4) is 16.9 Å². The van der Waals surface area contributed by atoms with Crippen molar-refractivity contribution < 1.29 is 35.6 Å². The van der Waals surface area contributed by atoms with Gasteiger partial charge in [0.25, 0.3) is 10.0 Å². The van der Waals surface area contributed by atoms with Gasteiger partial charge in [-0.05, 0) is 42.0 Å². The molecule has 0 saturated carbocycles. The van der Waals surface area contributed by atoms with E-state index in [9.17, 15) is 26.4 Å². The topological polar surface area (TPSA) is 115 Å². The zero-order valence-electron chi connectivity index (χ0n) is 19.7. The normalized spacial score (nSPS) is 11.7. The van der Waals surface area contributed by atoms with Crippen molar-refractivity contribution in [1.82, 2.24) is 10.1 Å². The maximum atomic E-state index is 13.2. The van der Waals surface area contributed by atoms with Gasteiger partial charge in [-0.3, -0.25) is 14.4 Å². The lowest BCUT2D eigenvalue weighted by atomic mass is 10.0. The molecule has 1 amide bonds. The van der Waals surface area contributed by atoms with Gasteiger partial charge in [-0.25, -0.2) is 13.4 Å². The number of nitrogens with one attached hydrogen (secondary N) is 1. The van der Waals surface area contributed by atoms with Gasteiger partial charge in [0.15, 0.2) is 5.82 Å². The van der Waals surface area contributed by atoms with E-state index in [1.165, 1.54) is 62.8 Å². The second-order valence-electron chi connectivity index (χ2n) is 7.78. The molecular formula is C24H18ClF3N4O5S. The largest absolute Gasteiger partial charge is 0.495 e. The number of aromatic nitrogens is 2. The number of nitrogens with zero attached hydrogens (tertiary/aromatic N) is 3. The van der Waals surface area contributed by atoms with E-state index < -0.39 is 27.7 Å². The summed E-state index contributed by atoms with van der Waals surface area (Å²) in [5.41, 5.74) is -0.271. The molecule has 0 aliphatic carbocycles. The molecule has 0 spiro atoms. The number of carbonyl (C=O) groups is 1. The van der Waals surface area contributed by atoms with Gasteiger partial charge in [0.2, 0.25) is 5.91 Å². The first-order valence-electron chi connectivity index (χ1n) is 10.7. The molecular weight excluding hydrogens is 549 g/mol. The summed E-state index contributed by atoms with van der Waals surface area (Å²) in [6, 6.07) is 11.2. The third kappa shape index (κ3) is 5.58. The second-order valence-corrected chi connectivity index (χ2v) is 9.87. The molecule has 4 rings (SSSR count). The lowest BCUT2D eigenvalue weighted by molar-refractivity contribution is -0.137. The SMILES string of the molecule is COc1cc(-c2cccc(C(F)(F)F)c2)c(Cl)cc1N(C(C)=O)c1ccc(S(=O)(=O)Nc2ccon2)cn1. The van der Waals surface area contributed by atoms with E-state index in [-0.39, 0.29) is 44.1 Å². The van der Waals surface area contributed by atoms with Crippen LogP contribution in [-0.2, 0) is 21.0 Å². The summed E-state index contributed by atoms with van der Waals surface area (Å²) in [4.78, 5) is 17.7. The minimum Gasteiger partial charge on any atom is -0.495 e. The van der Waals surface area contributed by atoms with E-state index >= 15 is 0 Å². The molecule has 0 aliphatic heterocycles. The summed E-state index contributed by atoms with van der Waals surface area (Å²) in [6.45, 7) is 1.24. The van der Waals surface area contributed by atoms with Crippen LogP contribution in [-0.4, -0.2) is 31.6 Å². The first-order chi connectivity index (χ1) is 17.9. The van der Waals surface area contributed by atoms with Crippen molar-refractivity contribution in [2.24, 2.45) is 0 Å². The fourth-order valence-corrected chi connectivity index (χ4v) is 4.75. The number of halogens is 4. The molecule has 0 aliphatic rings. The first kappa shape index (κ1) is 26.9. The van der Waals surface area contributed by atoms with Gasteiger partial charge in [0, 0.05) is 24.8 Å². The summed E-state index contributed by atoms with van der Waals surface area (Å²) in [5, 5.41) is 3.53. The predicted octanol–water partition coefficient (Wildman–Crippen LogP) is 5.90. The molecule has 0 fully saturated rings. The highest BCUT2D eigenvalue weighted by molar-refractivity contribution is 7.92. The molecule has 38 heavy (non-hydrogen) atoms. The van der Waals surface area contributed by atoms with Gasteiger partial charge in [-0.1, -0.05) is 28.9 Å². The molecule has 4 aromatic rings. The third-order valence-corrected chi connectivity index (χ3v) is 6.91. The predicted molar refractivity (Wildman–Crippen MR) is 133 cm³/mol. The van der Waals surface area contributed by atoms with Gasteiger partial charge >= 0.3 is 6.18 Å². The highest BCUT2D eigenvalue weighted by Crippen LogP contribution is 2.42. The zero-order valence-corrected chi connectivity index (χ0v) is 21.2. The van der Waals surface area contributed by atoms with Gasteiger partial charge in [-0.2, -0.15) is 13.2 Å². The van der Waals surface area contributed by atoms with Crippen molar-refractivity contribution in [2.45, 2.75) is 18.0 Å². The monoisotopic (exact) mass is 566 g/mol.